The Morgan fingerprint density at radius 2 is 2.16 bits per heavy atom. The standard InChI is InChI=1S/C14H23IN4/c1-11(2)6-16-7-12-4-3-5-19(10-12)14-17-8-13(15)9-18-14/h8-9,11-12,16H,3-7,10H2,1-2H3. The van der Waals surface area contributed by atoms with Crippen LogP contribution in [0.15, 0.2) is 12.4 Å². The zero-order valence-electron chi connectivity index (χ0n) is 11.8. The van der Waals surface area contributed by atoms with E-state index in [0.717, 1.165) is 47.5 Å². The van der Waals surface area contributed by atoms with Crippen LogP contribution in [0.5, 0.6) is 0 Å². The molecule has 0 spiro atoms. The molecule has 1 saturated heterocycles. The van der Waals surface area contributed by atoms with Gasteiger partial charge in [-0.2, -0.15) is 0 Å². The quantitative estimate of drug-likeness (QED) is 0.805. The van der Waals surface area contributed by atoms with E-state index in [9.17, 15) is 0 Å². The lowest BCUT2D eigenvalue weighted by Crippen LogP contribution is -2.41. The van der Waals surface area contributed by atoms with Crippen LogP contribution in [0.2, 0.25) is 0 Å². The Kier molecular flexibility index (Phi) is 5.81. The van der Waals surface area contributed by atoms with Crippen molar-refractivity contribution in [2.24, 2.45) is 11.8 Å². The van der Waals surface area contributed by atoms with Crippen LogP contribution < -0.4 is 10.2 Å². The molecule has 1 aromatic heterocycles. The second-order valence-corrected chi connectivity index (χ2v) is 6.95. The molecule has 0 bridgehead atoms. The van der Waals surface area contributed by atoms with Crippen molar-refractivity contribution in [3.8, 4) is 0 Å². The molecule has 1 aliphatic heterocycles. The second kappa shape index (κ2) is 7.38. The summed E-state index contributed by atoms with van der Waals surface area (Å²) >= 11 is 2.24. The molecule has 1 unspecified atom stereocenters. The number of rotatable bonds is 5. The highest BCUT2D eigenvalue weighted by Crippen LogP contribution is 2.19. The average molecular weight is 374 g/mol. The minimum atomic E-state index is 0.718. The fourth-order valence-corrected chi connectivity index (χ4v) is 2.74. The number of anilines is 1. The molecule has 2 rings (SSSR count). The SMILES string of the molecule is CC(C)CNCC1CCCN(c2ncc(I)cn2)C1. The van der Waals surface area contributed by atoms with Gasteiger partial charge in [0.25, 0.3) is 0 Å². The Balaban J connectivity index is 1.84. The van der Waals surface area contributed by atoms with E-state index in [1.54, 1.807) is 0 Å². The molecule has 106 valence electrons. The maximum Gasteiger partial charge on any atom is 0.225 e. The normalized spacial score (nSPS) is 20.0. The molecule has 4 nitrogen and oxygen atoms in total. The summed E-state index contributed by atoms with van der Waals surface area (Å²) in [5, 5.41) is 3.57. The first-order valence-corrected chi connectivity index (χ1v) is 8.16. The highest BCUT2D eigenvalue weighted by atomic mass is 127. The first-order valence-electron chi connectivity index (χ1n) is 7.08. The van der Waals surface area contributed by atoms with E-state index in [0.29, 0.717) is 0 Å². The van der Waals surface area contributed by atoms with Crippen LogP contribution in [0.4, 0.5) is 5.95 Å². The summed E-state index contributed by atoms with van der Waals surface area (Å²) < 4.78 is 1.09. The summed E-state index contributed by atoms with van der Waals surface area (Å²) in [6.07, 6.45) is 6.34. The van der Waals surface area contributed by atoms with Crippen molar-refractivity contribution in [2.45, 2.75) is 26.7 Å². The molecule has 0 aromatic carbocycles. The molecule has 1 aromatic rings. The smallest absolute Gasteiger partial charge is 0.225 e. The van der Waals surface area contributed by atoms with Crippen molar-refractivity contribution in [2.75, 3.05) is 31.1 Å². The first kappa shape index (κ1) is 15.0. The number of nitrogens with one attached hydrogen (secondary N) is 1. The van der Waals surface area contributed by atoms with E-state index in [1.807, 2.05) is 12.4 Å². The fraction of sp³-hybridized carbons (Fsp3) is 0.714. The third-order valence-electron chi connectivity index (χ3n) is 3.39. The molecule has 1 fully saturated rings. The van der Waals surface area contributed by atoms with Gasteiger partial charge >= 0.3 is 0 Å². The molecule has 2 heterocycles. The Morgan fingerprint density at radius 3 is 2.84 bits per heavy atom. The number of piperidine rings is 1. The van der Waals surface area contributed by atoms with Gasteiger partial charge in [-0.25, -0.2) is 9.97 Å². The number of nitrogens with zero attached hydrogens (tertiary/aromatic N) is 3. The molecule has 1 aliphatic rings. The van der Waals surface area contributed by atoms with Crippen molar-refractivity contribution in [1.82, 2.24) is 15.3 Å². The topological polar surface area (TPSA) is 41.0 Å². The predicted octanol–water partition coefficient (Wildman–Crippen LogP) is 2.54. The van der Waals surface area contributed by atoms with Gasteiger partial charge in [-0.15, -0.1) is 0 Å². The van der Waals surface area contributed by atoms with Gasteiger partial charge in [0.1, 0.15) is 0 Å². The van der Waals surface area contributed by atoms with Gasteiger partial charge in [0.15, 0.2) is 0 Å². The minimum Gasteiger partial charge on any atom is -0.341 e. The van der Waals surface area contributed by atoms with E-state index in [4.69, 9.17) is 0 Å². The fourth-order valence-electron chi connectivity index (χ4n) is 2.46. The summed E-state index contributed by atoms with van der Waals surface area (Å²) in [4.78, 5) is 11.2. The second-order valence-electron chi connectivity index (χ2n) is 5.71. The number of aromatic nitrogens is 2. The molecule has 0 saturated carbocycles. The van der Waals surface area contributed by atoms with Crippen molar-refractivity contribution < 1.29 is 0 Å². The lowest BCUT2D eigenvalue weighted by molar-refractivity contribution is 0.380. The van der Waals surface area contributed by atoms with Gasteiger partial charge in [-0.3, -0.25) is 0 Å². The van der Waals surface area contributed by atoms with Gasteiger partial charge in [0, 0.05) is 29.1 Å². The number of hydrogen-bond donors (Lipinski definition) is 1. The zero-order valence-corrected chi connectivity index (χ0v) is 13.9. The monoisotopic (exact) mass is 374 g/mol. The lowest BCUT2D eigenvalue weighted by atomic mass is 9.98. The van der Waals surface area contributed by atoms with E-state index in [1.165, 1.54) is 12.8 Å². The van der Waals surface area contributed by atoms with Gasteiger partial charge in [-0.05, 0) is 60.4 Å². The van der Waals surface area contributed by atoms with Crippen LogP contribution in [0.3, 0.4) is 0 Å². The minimum absolute atomic E-state index is 0.718. The molecule has 0 radical (unpaired) electrons. The summed E-state index contributed by atoms with van der Waals surface area (Å²) in [5.41, 5.74) is 0. The van der Waals surface area contributed by atoms with Gasteiger partial charge < -0.3 is 10.2 Å². The Hall–Kier alpha value is -0.430. The summed E-state index contributed by atoms with van der Waals surface area (Å²) in [5.74, 6) is 2.32. The molecule has 0 amide bonds. The van der Waals surface area contributed by atoms with Crippen LogP contribution in [0.1, 0.15) is 26.7 Å². The first-order chi connectivity index (χ1) is 9.15. The van der Waals surface area contributed by atoms with Crippen LogP contribution in [0.25, 0.3) is 0 Å². The van der Waals surface area contributed by atoms with E-state index in [2.05, 4.69) is 56.6 Å². The van der Waals surface area contributed by atoms with Crippen molar-refractivity contribution in [1.29, 1.82) is 0 Å². The van der Waals surface area contributed by atoms with E-state index in [-0.39, 0.29) is 0 Å². The van der Waals surface area contributed by atoms with Crippen molar-refractivity contribution in [3.05, 3.63) is 16.0 Å². The number of halogens is 1. The summed E-state index contributed by atoms with van der Waals surface area (Å²) in [6, 6.07) is 0. The Bertz CT molecular complexity index is 380. The van der Waals surface area contributed by atoms with Crippen LogP contribution >= 0.6 is 22.6 Å². The third kappa shape index (κ3) is 4.87. The Morgan fingerprint density at radius 1 is 1.42 bits per heavy atom. The maximum absolute atomic E-state index is 4.43. The highest BCUT2D eigenvalue weighted by Gasteiger charge is 2.21. The molecule has 1 N–H and O–H groups in total. The average Bonchev–Trinajstić information content (AvgIpc) is 2.39. The van der Waals surface area contributed by atoms with Crippen molar-refractivity contribution in [3.63, 3.8) is 0 Å². The Labute approximate surface area is 129 Å². The van der Waals surface area contributed by atoms with E-state index < -0.39 is 0 Å². The molecule has 1 atom stereocenters. The molecular weight excluding hydrogens is 351 g/mol. The number of hydrogen-bond acceptors (Lipinski definition) is 4. The largest absolute Gasteiger partial charge is 0.341 e. The highest BCUT2D eigenvalue weighted by molar-refractivity contribution is 14.1. The third-order valence-corrected chi connectivity index (χ3v) is 3.95. The summed E-state index contributed by atoms with van der Waals surface area (Å²) in [7, 11) is 0. The molecule has 19 heavy (non-hydrogen) atoms. The molecule has 5 heteroatoms. The lowest BCUT2D eigenvalue weighted by Gasteiger charge is -2.33. The van der Waals surface area contributed by atoms with Gasteiger partial charge in [0.2, 0.25) is 5.95 Å². The van der Waals surface area contributed by atoms with Crippen LogP contribution in [0, 0.1) is 15.4 Å². The zero-order chi connectivity index (χ0) is 13.7. The maximum atomic E-state index is 4.43. The van der Waals surface area contributed by atoms with E-state index >= 15 is 0 Å². The predicted molar refractivity (Wildman–Crippen MR) is 87.4 cm³/mol. The summed E-state index contributed by atoms with van der Waals surface area (Å²) in [6.45, 7) is 8.88. The van der Waals surface area contributed by atoms with Crippen molar-refractivity contribution >= 4 is 28.5 Å². The van der Waals surface area contributed by atoms with Crippen LogP contribution in [-0.2, 0) is 0 Å². The molecular formula is C14H23IN4. The van der Waals surface area contributed by atoms with Gasteiger partial charge in [-0.1, -0.05) is 13.8 Å². The van der Waals surface area contributed by atoms with Crippen LogP contribution in [-0.4, -0.2) is 36.1 Å². The molecule has 0 aliphatic carbocycles. The van der Waals surface area contributed by atoms with Gasteiger partial charge in [0.05, 0.1) is 0 Å².